The highest BCUT2D eigenvalue weighted by atomic mass is 15.0. The lowest BCUT2D eigenvalue weighted by Gasteiger charge is -2.32. The summed E-state index contributed by atoms with van der Waals surface area (Å²) in [5, 5.41) is 5.07. The van der Waals surface area contributed by atoms with Gasteiger partial charge in [0.1, 0.15) is 0 Å². The lowest BCUT2D eigenvalue weighted by Crippen LogP contribution is -2.13. The zero-order valence-electron chi connectivity index (χ0n) is 39.5. The average molecular weight is 881 g/mol. The number of nitrogens with zero attached hydrogens (tertiary/aromatic N) is 3. The summed E-state index contributed by atoms with van der Waals surface area (Å²) in [5.41, 5.74) is 27.7. The number of benzene rings is 8. The van der Waals surface area contributed by atoms with Crippen molar-refractivity contribution in [1.82, 2.24) is 14.1 Å². The molecule has 4 heteroatoms. The fourth-order valence-corrected chi connectivity index (χ4v) is 10.6. The number of allylic oxidation sites excluding steroid dienone is 1. The average Bonchev–Trinajstić information content (AvgIpc) is 3.89. The minimum absolute atomic E-state index is 0.308. The Morgan fingerprint density at radius 2 is 0.897 bits per heavy atom. The van der Waals surface area contributed by atoms with Crippen LogP contribution in [0.2, 0.25) is 0 Å². The monoisotopic (exact) mass is 880 g/mol. The molecule has 3 heterocycles. The molecule has 4 nitrogen and oxygen atoms in total. The summed E-state index contributed by atoms with van der Waals surface area (Å²) in [6, 6.07) is 69.2. The lowest BCUT2D eigenvalue weighted by molar-refractivity contribution is 0.617. The summed E-state index contributed by atoms with van der Waals surface area (Å²) in [4.78, 5) is 4.58. The molecule has 0 amide bonds. The second kappa shape index (κ2) is 17.7. The third-order valence-electron chi connectivity index (χ3n) is 14.1. The normalized spacial score (nSPS) is 14.5. The molecule has 332 valence electrons. The number of hydrogen-bond donors (Lipinski definition) is 1. The largest absolute Gasteiger partial charge is 0.399 e. The van der Waals surface area contributed by atoms with Gasteiger partial charge in [0.15, 0.2) is 0 Å². The van der Waals surface area contributed by atoms with E-state index in [0.29, 0.717) is 11.8 Å². The van der Waals surface area contributed by atoms with E-state index in [1.807, 2.05) is 18.3 Å². The minimum atomic E-state index is 0.308. The van der Waals surface area contributed by atoms with Gasteiger partial charge in [-0.3, -0.25) is 4.98 Å². The van der Waals surface area contributed by atoms with E-state index < -0.39 is 0 Å². The molecule has 0 bridgehead atoms. The van der Waals surface area contributed by atoms with Crippen molar-refractivity contribution in [2.24, 2.45) is 5.73 Å². The molecule has 12 rings (SSSR count). The van der Waals surface area contributed by atoms with Gasteiger partial charge in [-0.25, -0.2) is 0 Å². The van der Waals surface area contributed by atoms with Gasteiger partial charge in [-0.15, -0.1) is 0 Å². The first-order valence-corrected chi connectivity index (χ1v) is 24.3. The highest BCUT2D eigenvalue weighted by Crippen LogP contribution is 2.51. The van der Waals surface area contributed by atoms with Crippen molar-refractivity contribution in [1.29, 1.82) is 0 Å². The maximum absolute atomic E-state index is 6.37. The smallest absolute Gasteiger partial charge is 0.0701 e. The Morgan fingerprint density at radius 1 is 0.471 bits per heavy atom. The Labute approximate surface area is 399 Å². The van der Waals surface area contributed by atoms with E-state index in [-0.39, 0.29) is 0 Å². The van der Waals surface area contributed by atoms with Crippen molar-refractivity contribution in [3.05, 3.63) is 217 Å². The van der Waals surface area contributed by atoms with Gasteiger partial charge in [0.05, 0.1) is 27.8 Å². The quantitative estimate of drug-likeness (QED) is 0.173. The molecule has 1 aliphatic carbocycles. The van der Waals surface area contributed by atoms with Crippen LogP contribution >= 0.6 is 0 Å². The SMILES string of the molecule is CC/C=C(\N)c1ccc(-c2ccc3c(c2)c2cc4c(cc2n3-c2ccccc2)-c2cc3c(cc2C(C)C4C)c2cc(-c4ccc(-c5ccccn5)cc4)ccc2n3-c2ccccc2)cc1.CCC. The first-order chi connectivity index (χ1) is 33.3. The second-order valence-electron chi connectivity index (χ2n) is 18.4. The van der Waals surface area contributed by atoms with Crippen LogP contribution in [0.15, 0.2) is 200 Å². The number of rotatable bonds is 7. The molecular formula is C64H56N4. The van der Waals surface area contributed by atoms with Gasteiger partial charge in [0, 0.05) is 50.4 Å². The molecule has 2 N–H and O–H groups in total. The van der Waals surface area contributed by atoms with Gasteiger partial charge >= 0.3 is 0 Å². The third kappa shape index (κ3) is 7.28. The van der Waals surface area contributed by atoms with Crippen molar-refractivity contribution >= 4 is 49.3 Å². The maximum Gasteiger partial charge on any atom is 0.0701 e. The number of fused-ring (bicyclic) bond motifs is 9. The van der Waals surface area contributed by atoms with Crippen LogP contribution in [0, 0.1) is 0 Å². The second-order valence-corrected chi connectivity index (χ2v) is 18.4. The molecule has 11 aromatic rings. The van der Waals surface area contributed by atoms with Gasteiger partial charge < -0.3 is 14.9 Å². The zero-order valence-corrected chi connectivity index (χ0v) is 39.5. The Hall–Kier alpha value is -7.95. The number of pyridine rings is 1. The van der Waals surface area contributed by atoms with Crippen LogP contribution < -0.4 is 5.73 Å². The van der Waals surface area contributed by atoms with Crippen molar-refractivity contribution in [3.63, 3.8) is 0 Å². The highest BCUT2D eigenvalue weighted by Gasteiger charge is 2.31. The van der Waals surface area contributed by atoms with Gasteiger partial charge in [-0.1, -0.05) is 150 Å². The van der Waals surface area contributed by atoms with E-state index in [4.69, 9.17) is 5.73 Å². The van der Waals surface area contributed by atoms with E-state index in [1.165, 1.54) is 94.5 Å². The third-order valence-corrected chi connectivity index (χ3v) is 14.1. The Bertz CT molecular complexity index is 3650. The number of aromatic nitrogens is 3. The topological polar surface area (TPSA) is 48.8 Å². The van der Waals surface area contributed by atoms with Crippen molar-refractivity contribution in [2.45, 2.75) is 59.3 Å². The molecule has 2 unspecified atom stereocenters. The predicted molar refractivity (Wildman–Crippen MR) is 290 cm³/mol. The molecule has 3 aromatic heterocycles. The molecule has 8 aromatic carbocycles. The zero-order chi connectivity index (χ0) is 46.5. The Kier molecular flexibility index (Phi) is 11.1. The first kappa shape index (κ1) is 42.7. The summed E-state index contributed by atoms with van der Waals surface area (Å²) >= 11 is 0. The number of nitrogens with two attached hydrogens (primary N) is 1. The fourth-order valence-electron chi connectivity index (χ4n) is 10.6. The molecule has 0 aliphatic heterocycles. The molecule has 0 radical (unpaired) electrons. The molecule has 0 saturated carbocycles. The molecular weight excluding hydrogens is 825 g/mol. The van der Waals surface area contributed by atoms with E-state index in [1.54, 1.807) is 0 Å². The molecule has 0 fully saturated rings. The van der Waals surface area contributed by atoms with Crippen LogP contribution in [0.4, 0.5) is 0 Å². The summed E-state index contributed by atoms with van der Waals surface area (Å²) in [7, 11) is 0. The summed E-state index contributed by atoms with van der Waals surface area (Å²) in [5.74, 6) is 0.616. The van der Waals surface area contributed by atoms with E-state index >= 15 is 0 Å². The predicted octanol–water partition coefficient (Wildman–Crippen LogP) is 17.3. The van der Waals surface area contributed by atoms with E-state index in [0.717, 1.165) is 40.3 Å². The van der Waals surface area contributed by atoms with Crippen LogP contribution in [0.5, 0.6) is 0 Å². The number of para-hydroxylation sites is 2. The standard InChI is InChI=1S/C61H48N4.C3H8/c1-4-13-56(62)42-23-19-40(20-24-42)44-27-29-58-52(32-44)54-34-48-38(2)39(3)49-35-55-53-33-45(41-21-25-43(26-22-41)57-18-11-12-31-63-57)28-30-59(53)65(47-16-9-6-10-17-47)61(55)37-51(49)50(48)36-60(54)64(58)46-14-7-5-8-15-46;1-3-2/h5-39H,4,62H2,1-3H3;3H2,1-2H3/b56-13-;. The van der Waals surface area contributed by atoms with Gasteiger partial charge in [0.2, 0.25) is 0 Å². The van der Waals surface area contributed by atoms with Crippen LogP contribution in [0.1, 0.15) is 76.0 Å². The summed E-state index contributed by atoms with van der Waals surface area (Å²) < 4.78 is 4.92. The van der Waals surface area contributed by atoms with Gasteiger partial charge in [-0.05, 0) is 153 Å². The van der Waals surface area contributed by atoms with Crippen LogP contribution in [0.3, 0.4) is 0 Å². The minimum Gasteiger partial charge on any atom is -0.399 e. The van der Waals surface area contributed by atoms with Crippen LogP contribution in [-0.2, 0) is 0 Å². The van der Waals surface area contributed by atoms with Gasteiger partial charge in [0.25, 0.3) is 0 Å². The van der Waals surface area contributed by atoms with Crippen LogP contribution in [-0.4, -0.2) is 14.1 Å². The Balaban J connectivity index is 0.00000165. The fraction of sp³-hybridized carbons (Fsp3) is 0.141. The van der Waals surface area contributed by atoms with Crippen molar-refractivity contribution < 1.29 is 0 Å². The van der Waals surface area contributed by atoms with E-state index in [9.17, 15) is 0 Å². The molecule has 0 spiro atoms. The number of hydrogen-bond acceptors (Lipinski definition) is 2. The van der Waals surface area contributed by atoms with Crippen molar-refractivity contribution in [3.8, 4) is 56.0 Å². The van der Waals surface area contributed by atoms with Gasteiger partial charge in [-0.2, -0.15) is 0 Å². The molecule has 1 aliphatic rings. The highest BCUT2D eigenvalue weighted by molar-refractivity contribution is 6.14. The molecule has 0 saturated heterocycles. The molecule has 68 heavy (non-hydrogen) atoms. The van der Waals surface area contributed by atoms with Crippen LogP contribution in [0.25, 0.3) is 105 Å². The van der Waals surface area contributed by atoms with E-state index in [2.05, 4.69) is 231 Å². The van der Waals surface area contributed by atoms with Crippen molar-refractivity contribution in [2.75, 3.05) is 0 Å². The molecule has 2 atom stereocenters. The summed E-state index contributed by atoms with van der Waals surface area (Å²) in [6.07, 6.45) is 6.09. The first-order valence-electron chi connectivity index (χ1n) is 24.3. The lowest BCUT2D eigenvalue weighted by atomic mass is 9.72. The maximum atomic E-state index is 6.37. The Morgan fingerprint density at radius 3 is 1.35 bits per heavy atom. The summed E-state index contributed by atoms with van der Waals surface area (Å²) in [6.45, 7) is 11.2.